The van der Waals surface area contributed by atoms with Gasteiger partial charge in [-0.15, -0.1) is 0 Å². The van der Waals surface area contributed by atoms with E-state index in [0.717, 1.165) is 31.4 Å². The van der Waals surface area contributed by atoms with Crippen LogP contribution in [0.5, 0.6) is 0 Å². The number of nitriles is 1. The molecular weight excluding hydrogens is 517 g/mol. The molecule has 162 valence electrons. The van der Waals surface area contributed by atoms with Crippen LogP contribution in [0, 0.1) is 21.8 Å². The number of hydrogen-bond acceptors (Lipinski definition) is 5. The van der Waals surface area contributed by atoms with Crippen molar-refractivity contribution >= 4 is 39.4 Å². The summed E-state index contributed by atoms with van der Waals surface area (Å²) in [5.41, 5.74) is 9.94. The number of amides is 1. The van der Waals surface area contributed by atoms with Gasteiger partial charge >= 0.3 is 0 Å². The van der Waals surface area contributed by atoms with Gasteiger partial charge < -0.3 is 10.6 Å². The highest BCUT2D eigenvalue weighted by Crippen LogP contribution is 2.30. The van der Waals surface area contributed by atoms with Crippen molar-refractivity contribution in [1.29, 1.82) is 5.26 Å². The van der Waals surface area contributed by atoms with Crippen molar-refractivity contribution in [2.24, 2.45) is 12.8 Å². The molecule has 32 heavy (non-hydrogen) atoms. The van der Waals surface area contributed by atoms with E-state index in [9.17, 15) is 10.1 Å². The predicted octanol–water partition coefficient (Wildman–Crippen LogP) is 3.24. The molecule has 0 atom stereocenters. The third kappa shape index (κ3) is 3.87. The lowest BCUT2D eigenvalue weighted by atomic mass is 10.1. The maximum absolute atomic E-state index is 13.1. The molecule has 2 aromatic carbocycles. The predicted molar refractivity (Wildman–Crippen MR) is 131 cm³/mol. The van der Waals surface area contributed by atoms with E-state index in [1.54, 1.807) is 22.7 Å². The van der Waals surface area contributed by atoms with E-state index in [1.165, 1.54) is 0 Å². The number of aryl methyl sites for hydroxylation is 1. The minimum absolute atomic E-state index is 0.182. The van der Waals surface area contributed by atoms with Crippen LogP contribution in [0.25, 0.3) is 28.0 Å². The Morgan fingerprint density at radius 2 is 2.06 bits per heavy atom. The normalized spacial score (nSPS) is 11.0. The zero-order valence-electron chi connectivity index (χ0n) is 18.0. The largest absolute Gasteiger partial charge is 0.339 e. The summed E-state index contributed by atoms with van der Waals surface area (Å²) in [5, 5.41) is 14.7. The van der Waals surface area contributed by atoms with Gasteiger partial charge in [0.15, 0.2) is 0 Å². The molecular formula is C23H22IN7O. The molecule has 0 radical (unpaired) electrons. The van der Waals surface area contributed by atoms with Crippen molar-refractivity contribution in [2.75, 3.05) is 20.1 Å². The first-order valence-electron chi connectivity index (χ1n) is 10.0. The second kappa shape index (κ2) is 8.72. The SMILES string of the molecule is Cc1c(C(=O)N(C)CCN)nc(-c2ccc(C#N)c(I)c2)n1-c1ccc2nn(C)cc2c1. The topological polar surface area (TPSA) is 106 Å². The van der Waals surface area contributed by atoms with Crippen LogP contribution in [0.4, 0.5) is 0 Å². The van der Waals surface area contributed by atoms with Gasteiger partial charge in [-0.05, 0) is 65.9 Å². The van der Waals surface area contributed by atoms with Crippen molar-refractivity contribution in [1.82, 2.24) is 24.2 Å². The number of imidazole rings is 1. The average Bonchev–Trinajstić information content (AvgIpc) is 3.31. The summed E-state index contributed by atoms with van der Waals surface area (Å²) < 4.78 is 4.58. The van der Waals surface area contributed by atoms with Crippen LogP contribution in [0.3, 0.4) is 0 Å². The molecule has 2 N–H and O–H groups in total. The highest BCUT2D eigenvalue weighted by atomic mass is 127. The van der Waals surface area contributed by atoms with Crippen LogP contribution in [0.2, 0.25) is 0 Å². The molecule has 2 aromatic heterocycles. The molecule has 4 rings (SSSR count). The van der Waals surface area contributed by atoms with E-state index in [0.29, 0.717) is 30.2 Å². The van der Waals surface area contributed by atoms with Crippen LogP contribution in [-0.2, 0) is 7.05 Å². The molecule has 1 amide bonds. The minimum atomic E-state index is -0.182. The molecule has 0 aliphatic rings. The molecule has 0 saturated carbocycles. The maximum Gasteiger partial charge on any atom is 0.274 e. The van der Waals surface area contributed by atoms with Gasteiger partial charge in [0.25, 0.3) is 5.91 Å². The molecule has 0 saturated heterocycles. The van der Waals surface area contributed by atoms with Crippen LogP contribution in [0.1, 0.15) is 21.7 Å². The van der Waals surface area contributed by atoms with Gasteiger partial charge in [-0.25, -0.2) is 4.98 Å². The summed E-state index contributed by atoms with van der Waals surface area (Å²) in [6.07, 6.45) is 1.95. The first kappa shape index (κ1) is 22.0. The van der Waals surface area contributed by atoms with E-state index in [-0.39, 0.29) is 5.91 Å². The van der Waals surface area contributed by atoms with E-state index >= 15 is 0 Å². The van der Waals surface area contributed by atoms with Crippen molar-refractivity contribution in [3.8, 4) is 23.1 Å². The first-order chi connectivity index (χ1) is 15.3. The van der Waals surface area contributed by atoms with Gasteiger partial charge in [0.05, 0.1) is 16.8 Å². The fourth-order valence-electron chi connectivity index (χ4n) is 3.71. The van der Waals surface area contributed by atoms with Crippen LogP contribution in [-0.4, -0.2) is 50.3 Å². The number of fused-ring (bicyclic) bond motifs is 1. The van der Waals surface area contributed by atoms with E-state index in [2.05, 4.69) is 33.8 Å². The van der Waals surface area contributed by atoms with E-state index in [1.807, 2.05) is 55.1 Å². The van der Waals surface area contributed by atoms with Crippen molar-refractivity contribution in [3.05, 3.63) is 63.1 Å². The Balaban J connectivity index is 1.94. The Labute approximate surface area is 199 Å². The fraction of sp³-hybridized carbons (Fsp3) is 0.217. The molecule has 2 heterocycles. The van der Waals surface area contributed by atoms with Gasteiger partial charge in [0, 0.05) is 53.6 Å². The Kier molecular flexibility index (Phi) is 5.99. The number of nitrogens with zero attached hydrogens (tertiary/aromatic N) is 6. The summed E-state index contributed by atoms with van der Waals surface area (Å²) >= 11 is 2.14. The highest BCUT2D eigenvalue weighted by molar-refractivity contribution is 14.1. The third-order valence-corrected chi connectivity index (χ3v) is 6.22. The highest BCUT2D eigenvalue weighted by Gasteiger charge is 2.24. The van der Waals surface area contributed by atoms with Crippen LogP contribution >= 0.6 is 22.6 Å². The second-order valence-electron chi connectivity index (χ2n) is 7.57. The number of benzene rings is 2. The smallest absolute Gasteiger partial charge is 0.274 e. The van der Waals surface area contributed by atoms with Gasteiger partial charge in [-0.2, -0.15) is 10.4 Å². The van der Waals surface area contributed by atoms with Gasteiger partial charge in [0.1, 0.15) is 17.6 Å². The zero-order chi connectivity index (χ0) is 23.0. The Morgan fingerprint density at radius 3 is 2.75 bits per heavy atom. The zero-order valence-corrected chi connectivity index (χ0v) is 20.2. The maximum atomic E-state index is 13.1. The molecule has 0 bridgehead atoms. The molecule has 0 unspecified atom stereocenters. The number of halogens is 1. The van der Waals surface area contributed by atoms with Crippen molar-refractivity contribution in [3.63, 3.8) is 0 Å². The van der Waals surface area contributed by atoms with Gasteiger partial charge in [0.2, 0.25) is 0 Å². The fourth-order valence-corrected chi connectivity index (χ4v) is 4.35. The summed E-state index contributed by atoms with van der Waals surface area (Å²) in [6.45, 7) is 2.71. The van der Waals surface area contributed by atoms with Gasteiger partial charge in [-0.1, -0.05) is 0 Å². The quantitative estimate of drug-likeness (QED) is 0.392. The van der Waals surface area contributed by atoms with Crippen molar-refractivity contribution < 1.29 is 4.79 Å². The third-order valence-electron chi connectivity index (χ3n) is 5.33. The van der Waals surface area contributed by atoms with Crippen molar-refractivity contribution in [2.45, 2.75) is 6.92 Å². The number of hydrogen-bond donors (Lipinski definition) is 1. The number of likely N-dealkylation sites (N-methyl/N-ethyl adjacent to an activating group) is 1. The molecule has 0 aliphatic heterocycles. The molecule has 8 nitrogen and oxygen atoms in total. The second-order valence-corrected chi connectivity index (χ2v) is 8.73. The molecule has 9 heteroatoms. The Morgan fingerprint density at radius 1 is 1.28 bits per heavy atom. The number of aromatic nitrogens is 4. The Hall–Kier alpha value is -3.23. The Bertz CT molecular complexity index is 1380. The lowest BCUT2D eigenvalue weighted by Gasteiger charge is -2.15. The number of carbonyl (C=O) groups is 1. The minimum Gasteiger partial charge on any atom is -0.339 e. The lowest BCUT2D eigenvalue weighted by molar-refractivity contribution is 0.0793. The first-order valence-corrected chi connectivity index (χ1v) is 11.1. The summed E-state index contributed by atoms with van der Waals surface area (Å²) in [5.74, 6) is 0.455. The molecule has 0 fully saturated rings. The molecule has 0 aliphatic carbocycles. The summed E-state index contributed by atoms with van der Waals surface area (Å²) in [7, 11) is 3.61. The number of carbonyl (C=O) groups excluding carboxylic acids is 1. The van der Waals surface area contributed by atoms with Crippen LogP contribution < -0.4 is 5.73 Å². The molecule has 0 spiro atoms. The lowest BCUT2D eigenvalue weighted by Crippen LogP contribution is -2.32. The monoisotopic (exact) mass is 539 g/mol. The number of nitrogens with two attached hydrogens (primary N) is 1. The van der Waals surface area contributed by atoms with E-state index in [4.69, 9.17) is 10.7 Å². The summed E-state index contributed by atoms with van der Waals surface area (Å²) in [4.78, 5) is 19.4. The average molecular weight is 539 g/mol. The standard InChI is InChI=1S/C23H22IN7O/c1-14-21(23(32)29(2)9-8-25)27-22(15-4-5-16(12-26)19(24)11-15)31(14)18-6-7-20-17(10-18)13-30(3)28-20/h4-7,10-11,13H,8-9,25H2,1-3H3. The van der Waals surface area contributed by atoms with Crippen LogP contribution in [0.15, 0.2) is 42.6 Å². The molecule has 4 aromatic rings. The van der Waals surface area contributed by atoms with E-state index < -0.39 is 0 Å². The number of rotatable bonds is 5. The van der Waals surface area contributed by atoms with Gasteiger partial charge in [-0.3, -0.25) is 14.0 Å². The summed E-state index contributed by atoms with van der Waals surface area (Å²) in [6, 6.07) is 13.7.